The zero-order valence-corrected chi connectivity index (χ0v) is 9.42. The molecule has 17 heavy (non-hydrogen) atoms. The molecule has 0 aliphatic carbocycles. The van der Waals surface area contributed by atoms with E-state index in [1.807, 2.05) is 0 Å². The predicted octanol–water partition coefficient (Wildman–Crippen LogP) is 3.89. The fourth-order valence-corrected chi connectivity index (χ4v) is 1.40. The molecule has 2 nitrogen and oxygen atoms in total. The fraction of sp³-hybridized carbons (Fsp3) is 0.0833. The Labute approximate surface area is 102 Å². The summed E-state index contributed by atoms with van der Waals surface area (Å²) in [7, 11) is 0. The van der Waals surface area contributed by atoms with E-state index in [1.165, 1.54) is 6.07 Å². The Morgan fingerprint density at radius 3 is 2.65 bits per heavy atom. The van der Waals surface area contributed by atoms with Crippen LogP contribution in [-0.2, 0) is 5.88 Å². The molecule has 0 atom stereocenters. The molecule has 2 aromatic rings. The van der Waals surface area contributed by atoms with Gasteiger partial charge in [0.2, 0.25) is 5.88 Å². The molecular weight excluding hydrogens is 248 g/mol. The number of alkyl halides is 1. The average Bonchev–Trinajstić information content (AvgIpc) is 2.34. The van der Waals surface area contributed by atoms with Crippen LogP contribution in [0.4, 0.5) is 8.78 Å². The minimum absolute atomic E-state index is 0.183. The number of hydrogen-bond donors (Lipinski definition) is 0. The Balaban J connectivity index is 2.22. The molecule has 0 unspecified atom stereocenters. The molecule has 0 saturated heterocycles. The molecule has 5 heteroatoms. The molecule has 0 saturated carbocycles. The highest BCUT2D eigenvalue weighted by Gasteiger charge is 2.05. The molecule has 1 aromatic heterocycles. The van der Waals surface area contributed by atoms with Crippen molar-refractivity contribution in [3.63, 3.8) is 0 Å². The van der Waals surface area contributed by atoms with Crippen LogP contribution in [0.15, 0.2) is 36.4 Å². The molecule has 88 valence electrons. The summed E-state index contributed by atoms with van der Waals surface area (Å²) < 4.78 is 30.9. The topological polar surface area (TPSA) is 22.1 Å². The lowest BCUT2D eigenvalue weighted by atomic mass is 10.3. The maximum atomic E-state index is 12.9. The quantitative estimate of drug-likeness (QED) is 0.776. The number of hydrogen-bond acceptors (Lipinski definition) is 2. The van der Waals surface area contributed by atoms with E-state index in [0.717, 1.165) is 12.1 Å². The van der Waals surface area contributed by atoms with Crippen LogP contribution in [0.2, 0.25) is 0 Å². The number of aromatic nitrogens is 1. The van der Waals surface area contributed by atoms with Crippen LogP contribution in [0.25, 0.3) is 0 Å². The third-order valence-electron chi connectivity index (χ3n) is 2.03. The average molecular weight is 256 g/mol. The summed E-state index contributed by atoms with van der Waals surface area (Å²) >= 11 is 5.62. The van der Waals surface area contributed by atoms with E-state index in [0.29, 0.717) is 5.69 Å². The Bertz CT molecular complexity index is 534. The van der Waals surface area contributed by atoms with Crippen molar-refractivity contribution in [2.45, 2.75) is 5.88 Å². The van der Waals surface area contributed by atoms with Crippen LogP contribution in [-0.4, -0.2) is 4.98 Å². The van der Waals surface area contributed by atoms with Gasteiger partial charge in [0.15, 0.2) is 11.6 Å². The van der Waals surface area contributed by atoms with Gasteiger partial charge in [-0.2, -0.15) is 0 Å². The van der Waals surface area contributed by atoms with Crippen LogP contribution in [0.3, 0.4) is 0 Å². The molecule has 1 aromatic carbocycles. The standard InChI is InChI=1S/C12H8ClF2NO/c13-7-8-2-1-3-12(16-8)17-9-4-5-10(14)11(15)6-9/h1-6H,7H2. The van der Waals surface area contributed by atoms with E-state index in [9.17, 15) is 8.78 Å². The first-order chi connectivity index (χ1) is 8.19. The predicted molar refractivity (Wildman–Crippen MR) is 60.2 cm³/mol. The van der Waals surface area contributed by atoms with Gasteiger partial charge in [-0.05, 0) is 18.2 Å². The molecule has 0 amide bonds. The largest absolute Gasteiger partial charge is 0.439 e. The molecule has 0 aliphatic rings. The summed E-state index contributed by atoms with van der Waals surface area (Å²) in [5, 5.41) is 0. The minimum Gasteiger partial charge on any atom is -0.439 e. The highest BCUT2D eigenvalue weighted by atomic mass is 35.5. The van der Waals surface area contributed by atoms with Crippen LogP contribution in [0.1, 0.15) is 5.69 Å². The van der Waals surface area contributed by atoms with Gasteiger partial charge >= 0.3 is 0 Å². The number of rotatable bonds is 3. The maximum absolute atomic E-state index is 12.9. The smallest absolute Gasteiger partial charge is 0.219 e. The van der Waals surface area contributed by atoms with Crippen LogP contribution in [0.5, 0.6) is 11.6 Å². The van der Waals surface area contributed by atoms with Crippen molar-refractivity contribution in [3.8, 4) is 11.6 Å². The molecular formula is C12H8ClF2NO. The number of benzene rings is 1. The molecule has 0 spiro atoms. The Kier molecular flexibility index (Phi) is 3.54. The number of pyridine rings is 1. The van der Waals surface area contributed by atoms with Crippen molar-refractivity contribution < 1.29 is 13.5 Å². The lowest BCUT2D eigenvalue weighted by Gasteiger charge is -2.05. The number of ether oxygens (including phenoxy) is 1. The molecule has 0 bridgehead atoms. The molecule has 0 radical (unpaired) electrons. The third-order valence-corrected chi connectivity index (χ3v) is 2.31. The van der Waals surface area contributed by atoms with Gasteiger partial charge in [-0.25, -0.2) is 13.8 Å². The Morgan fingerprint density at radius 2 is 1.94 bits per heavy atom. The molecule has 0 fully saturated rings. The molecule has 1 heterocycles. The first kappa shape index (κ1) is 11.8. The van der Waals surface area contributed by atoms with Gasteiger partial charge in [0, 0.05) is 12.1 Å². The molecule has 0 aliphatic heterocycles. The van der Waals surface area contributed by atoms with Gasteiger partial charge < -0.3 is 4.74 Å². The van der Waals surface area contributed by atoms with Gasteiger partial charge in [0.1, 0.15) is 5.75 Å². The summed E-state index contributed by atoms with van der Waals surface area (Å²) in [6, 6.07) is 8.36. The number of nitrogens with zero attached hydrogens (tertiary/aromatic N) is 1. The molecule has 2 rings (SSSR count). The third kappa shape index (κ3) is 2.91. The van der Waals surface area contributed by atoms with Gasteiger partial charge in [0.05, 0.1) is 11.6 Å². The first-order valence-corrected chi connectivity index (χ1v) is 5.37. The second-order valence-corrected chi connectivity index (χ2v) is 3.55. The van der Waals surface area contributed by atoms with Gasteiger partial charge in [-0.15, -0.1) is 11.6 Å². The van der Waals surface area contributed by atoms with E-state index in [4.69, 9.17) is 16.3 Å². The van der Waals surface area contributed by atoms with Crippen molar-refractivity contribution in [2.75, 3.05) is 0 Å². The van der Waals surface area contributed by atoms with Crippen molar-refractivity contribution in [2.24, 2.45) is 0 Å². The van der Waals surface area contributed by atoms with Crippen molar-refractivity contribution in [1.29, 1.82) is 0 Å². The summed E-state index contributed by atoms with van der Waals surface area (Å²) in [6.45, 7) is 0. The van der Waals surface area contributed by atoms with Gasteiger partial charge in [-0.3, -0.25) is 0 Å². The lowest BCUT2D eigenvalue weighted by molar-refractivity contribution is 0.446. The van der Waals surface area contributed by atoms with E-state index in [1.54, 1.807) is 18.2 Å². The highest BCUT2D eigenvalue weighted by Crippen LogP contribution is 2.21. The first-order valence-electron chi connectivity index (χ1n) is 4.84. The zero-order chi connectivity index (χ0) is 12.3. The van der Waals surface area contributed by atoms with E-state index in [-0.39, 0.29) is 17.5 Å². The van der Waals surface area contributed by atoms with Crippen molar-refractivity contribution >= 4 is 11.6 Å². The summed E-state index contributed by atoms with van der Waals surface area (Å²) in [5.74, 6) is -1.15. The van der Waals surface area contributed by atoms with Crippen LogP contribution in [0, 0.1) is 11.6 Å². The maximum Gasteiger partial charge on any atom is 0.219 e. The van der Waals surface area contributed by atoms with E-state index >= 15 is 0 Å². The minimum atomic E-state index is -0.962. The normalized spacial score (nSPS) is 10.3. The number of halogens is 3. The summed E-state index contributed by atoms with van der Waals surface area (Å²) in [6.07, 6.45) is 0. The lowest BCUT2D eigenvalue weighted by Crippen LogP contribution is -1.92. The monoisotopic (exact) mass is 255 g/mol. The summed E-state index contributed by atoms with van der Waals surface area (Å²) in [5.41, 5.74) is 0.645. The zero-order valence-electron chi connectivity index (χ0n) is 8.66. The van der Waals surface area contributed by atoms with Gasteiger partial charge in [0.25, 0.3) is 0 Å². The van der Waals surface area contributed by atoms with Crippen LogP contribution < -0.4 is 4.74 Å². The van der Waals surface area contributed by atoms with E-state index < -0.39 is 11.6 Å². The Morgan fingerprint density at radius 1 is 1.12 bits per heavy atom. The van der Waals surface area contributed by atoms with Crippen molar-refractivity contribution in [1.82, 2.24) is 4.98 Å². The fourth-order valence-electron chi connectivity index (χ4n) is 1.25. The second kappa shape index (κ2) is 5.10. The SMILES string of the molecule is Fc1ccc(Oc2cccc(CCl)n2)cc1F. The molecule has 0 N–H and O–H groups in total. The second-order valence-electron chi connectivity index (χ2n) is 3.28. The highest BCUT2D eigenvalue weighted by molar-refractivity contribution is 6.16. The van der Waals surface area contributed by atoms with Crippen LogP contribution >= 0.6 is 11.6 Å². The van der Waals surface area contributed by atoms with E-state index in [2.05, 4.69) is 4.98 Å². The van der Waals surface area contributed by atoms with Gasteiger partial charge in [-0.1, -0.05) is 6.07 Å². The van der Waals surface area contributed by atoms with Crippen molar-refractivity contribution in [3.05, 3.63) is 53.7 Å². The Hall–Kier alpha value is -1.68. The summed E-state index contributed by atoms with van der Waals surface area (Å²) in [4.78, 5) is 4.07.